The Bertz CT molecular complexity index is 853. The van der Waals surface area contributed by atoms with Crippen molar-refractivity contribution >= 4 is 28.6 Å². The molecule has 1 aliphatic rings. The molecule has 0 spiro atoms. The van der Waals surface area contributed by atoms with Crippen LogP contribution in [0.5, 0.6) is 11.5 Å². The summed E-state index contributed by atoms with van der Waals surface area (Å²) in [6, 6.07) is 3.58. The average Bonchev–Trinajstić information content (AvgIpc) is 2.65. The smallest absolute Gasteiger partial charge is 0.410 e. The Kier molecular flexibility index (Phi) is 6.13. The molecule has 1 fully saturated rings. The van der Waals surface area contributed by atoms with Crippen molar-refractivity contribution in [2.45, 2.75) is 39.2 Å². The number of likely N-dealkylation sites (tertiary alicyclic amines) is 1. The van der Waals surface area contributed by atoms with Crippen LogP contribution in [0, 0.1) is 5.92 Å². The molecular weight excluding hydrogens is 382 g/mol. The van der Waals surface area contributed by atoms with E-state index in [9.17, 15) is 4.79 Å². The van der Waals surface area contributed by atoms with Gasteiger partial charge in [-0.15, -0.1) is 0 Å². The topological polar surface area (TPSA) is 73.8 Å². The molecule has 7 nitrogen and oxygen atoms in total. The highest BCUT2D eigenvalue weighted by Gasteiger charge is 2.28. The van der Waals surface area contributed by atoms with Crippen LogP contribution in [-0.2, 0) is 4.74 Å². The van der Waals surface area contributed by atoms with E-state index in [-0.39, 0.29) is 12.0 Å². The van der Waals surface area contributed by atoms with Gasteiger partial charge in [-0.3, -0.25) is 0 Å². The van der Waals surface area contributed by atoms with Gasteiger partial charge in [0.1, 0.15) is 17.1 Å². The first-order valence-electron chi connectivity index (χ1n) is 9.36. The van der Waals surface area contributed by atoms with Crippen molar-refractivity contribution < 1.29 is 19.0 Å². The third-order valence-electron chi connectivity index (χ3n) is 4.52. The van der Waals surface area contributed by atoms with Crippen molar-refractivity contribution in [2.75, 3.05) is 26.8 Å². The summed E-state index contributed by atoms with van der Waals surface area (Å²) in [6.07, 6.45) is 3.06. The van der Waals surface area contributed by atoms with Crippen LogP contribution >= 0.6 is 11.6 Å². The number of hydrogen-bond donors (Lipinski definition) is 0. The lowest BCUT2D eigenvalue weighted by Gasteiger charge is -2.34. The van der Waals surface area contributed by atoms with Gasteiger partial charge in [-0.05, 0) is 39.7 Å². The zero-order valence-electron chi connectivity index (χ0n) is 16.7. The van der Waals surface area contributed by atoms with Crippen molar-refractivity contribution in [3.8, 4) is 11.5 Å². The maximum Gasteiger partial charge on any atom is 0.410 e. The van der Waals surface area contributed by atoms with Crippen LogP contribution in [-0.4, -0.2) is 53.4 Å². The lowest BCUT2D eigenvalue weighted by molar-refractivity contribution is 0.0138. The first-order valence-corrected chi connectivity index (χ1v) is 9.73. The molecule has 2 heterocycles. The highest BCUT2D eigenvalue weighted by molar-refractivity contribution is 6.34. The summed E-state index contributed by atoms with van der Waals surface area (Å²) in [7, 11) is 1.58. The summed E-state index contributed by atoms with van der Waals surface area (Å²) in [4.78, 5) is 22.3. The zero-order chi connectivity index (χ0) is 20.3. The van der Waals surface area contributed by atoms with Crippen molar-refractivity contribution in [3.05, 3.63) is 23.6 Å². The monoisotopic (exact) mass is 407 g/mol. The molecule has 0 saturated carbocycles. The SMILES string of the molecule is COc1cc2c(Cl)ncnc2cc1OC[C@H]1CCCN(C(=O)OC(C)(C)C)C1. The van der Waals surface area contributed by atoms with E-state index in [2.05, 4.69) is 9.97 Å². The van der Waals surface area contributed by atoms with Gasteiger partial charge in [0.15, 0.2) is 11.5 Å². The van der Waals surface area contributed by atoms with Gasteiger partial charge in [-0.25, -0.2) is 14.8 Å². The molecule has 1 atom stereocenters. The second kappa shape index (κ2) is 8.39. The molecule has 1 aromatic heterocycles. The molecule has 0 N–H and O–H groups in total. The molecule has 0 aliphatic carbocycles. The quantitative estimate of drug-likeness (QED) is 0.703. The fourth-order valence-corrected chi connectivity index (χ4v) is 3.40. The number of carbonyl (C=O) groups excluding carboxylic acids is 1. The number of halogens is 1. The summed E-state index contributed by atoms with van der Waals surface area (Å²) in [5.41, 5.74) is 0.192. The second-order valence-electron chi connectivity index (χ2n) is 7.93. The molecule has 1 aromatic carbocycles. The maximum atomic E-state index is 12.3. The van der Waals surface area contributed by atoms with E-state index in [1.54, 1.807) is 24.1 Å². The van der Waals surface area contributed by atoms with Crippen molar-refractivity contribution in [2.24, 2.45) is 5.92 Å². The van der Waals surface area contributed by atoms with E-state index in [0.717, 1.165) is 12.8 Å². The minimum Gasteiger partial charge on any atom is -0.493 e. The minimum absolute atomic E-state index is 0.218. The van der Waals surface area contributed by atoms with Gasteiger partial charge in [0.05, 0.1) is 19.2 Å². The van der Waals surface area contributed by atoms with Crippen LogP contribution in [0.4, 0.5) is 4.79 Å². The number of piperidine rings is 1. The molecular formula is C20H26ClN3O4. The molecule has 0 unspecified atom stereocenters. The number of fused-ring (bicyclic) bond motifs is 1. The van der Waals surface area contributed by atoms with E-state index in [0.29, 0.717) is 47.3 Å². The summed E-state index contributed by atoms with van der Waals surface area (Å²) in [6.45, 7) is 7.41. The van der Waals surface area contributed by atoms with Crippen molar-refractivity contribution in [1.82, 2.24) is 14.9 Å². The third kappa shape index (κ3) is 4.95. The Morgan fingerprint density at radius 2 is 2.07 bits per heavy atom. The first-order chi connectivity index (χ1) is 13.3. The fourth-order valence-electron chi connectivity index (χ4n) is 3.21. The predicted molar refractivity (Wildman–Crippen MR) is 107 cm³/mol. The molecule has 1 amide bonds. The molecule has 1 saturated heterocycles. The maximum absolute atomic E-state index is 12.3. The fraction of sp³-hybridized carbons (Fsp3) is 0.550. The van der Waals surface area contributed by atoms with Gasteiger partial charge in [0.2, 0.25) is 0 Å². The highest BCUT2D eigenvalue weighted by atomic mass is 35.5. The number of rotatable bonds is 4. The standard InChI is InChI=1S/C20H26ClN3O4/c1-20(2,3)28-19(25)24-7-5-6-13(10-24)11-27-17-9-15-14(8-16(17)26-4)18(21)23-12-22-15/h8-9,12-13H,5-7,10-11H2,1-4H3/t13-/m0/s1. The van der Waals surface area contributed by atoms with Crippen LogP contribution in [0.25, 0.3) is 10.9 Å². The number of aromatic nitrogens is 2. The van der Waals surface area contributed by atoms with E-state index in [4.69, 9.17) is 25.8 Å². The Hall–Kier alpha value is -2.28. The first kappa shape index (κ1) is 20.5. The van der Waals surface area contributed by atoms with Gasteiger partial charge in [0.25, 0.3) is 0 Å². The summed E-state index contributed by atoms with van der Waals surface area (Å²) in [5, 5.41) is 1.08. The number of benzene rings is 1. The van der Waals surface area contributed by atoms with Crippen LogP contribution < -0.4 is 9.47 Å². The van der Waals surface area contributed by atoms with Gasteiger partial charge in [0, 0.05) is 30.5 Å². The second-order valence-corrected chi connectivity index (χ2v) is 8.29. The number of hydrogen-bond acceptors (Lipinski definition) is 6. The molecule has 1 aliphatic heterocycles. The molecule has 8 heteroatoms. The minimum atomic E-state index is -0.498. The van der Waals surface area contributed by atoms with Gasteiger partial charge >= 0.3 is 6.09 Å². The molecule has 3 rings (SSSR count). The number of nitrogens with zero attached hydrogens (tertiary/aromatic N) is 3. The van der Waals surface area contributed by atoms with E-state index < -0.39 is 5.60 Å². The van der Waals surface area contributed by atoms with Crippen molar-refractivity contribution in [1.29, 1.82) is 0 Å². The molecule has 0 bridgehead atoms. The van der Waals surface area contributed by atoms with E-state index >= 15 is 0 Å². The number of methoxy groups -OCH3 is 1. The lowest BCUT2D eigenvalue weighted by atomic mass is 9.99. The molecule has 28 heavy (non-hydrogen) atoms. The molecule has 152 valence electrons. The van der Waals surface area contributed by atoms with Crippen LogP contribution in [0.15, 0.2) is 18.5 Å². The average molecular weight is 408 g/mol. The number of carbonyl (C=O) groups is 1. The largest absolute Gasteiger partial charge is 0.493 e. The Morgan fingerprint density at radius 1 is 1.29 bits per heavy atom. The van der Waals surface area contributed by atoms with Crippen LogP contribution in [0.3, 0.4) is 0 Å². The lowest BCUT2D eigenvalue weighted by Crippen LogP contribution is -2.44. The summed E-state index contributed by atoms with van der Waals surface area (Å²) >= 11 is 6.13. The van der Waals surface area contributed by atoms with E-state index in [1.165, 1.54) is 6.33 Å². The normalized spacial score (nSPS) is 17.5. The van der Waals surface area contributed by atoms with Gasteiger partial charge < -0.3 is 19.1 Å². The highest BCUT2D eigenvalue weighted by Crippen LogP contribution is 2.34. The predicted octanol–water partition coefficient (Wildman–Crippen LogP) is 4.32. The summed E-state index contributed by atoms with van der Waals surface area (Å²) in [5.74, 6) is 1.39. The summed E-state index contributed by atoms with van der Waals surface area (Å²) < 4.78 is 17.0. The Balaban J connectivity index is 1.67. The molecule has 2 aromatic rings. The van der Waals surface area contributed by atoms with Gasteiger partial charge in [-0.2, -0.15) is 0 Å². The number of ether oxygens (including phenoxy) is 3. The molecule has 0 radical (unpaired) electrons. The van der Waals surface area contributed by atoms with Gasteiger partial charge in [-0.1, -0.05) is 11.6 Å². The third-order valence-corrected chi connectivity index (χ3v) is 4.82. The Labute approximate surface area is 169 Å². The Morgan fingerprint density at radius 3 is 2.79 bits per heavy atom. The zero-order valence-corrected chi connectivity index (χ0v) is 17.5. The number of amides is 1. The van der Waals surface area contributed by atoms with Crippen molar-refractivity contribution in [3.63, 3.8) is 0 Å². The van der Waals surface area contributed by atoms with Crippen LogP contribution in [0.1, 0.15) is 33.6 Å². The van der Waals surface area contributed by atoms with E-state index in [1.807, 2.05) is 20.8 Å². The van der Waals surface area contributed by atoms with Crippen LogP contribution in [0.2, 0.25) is 5.15 Å².